The number of isothiocyanates is 2. The Morgan fingerprint density at radius 1 is 0.690 bits per heavy atom. The van der Waals surface area contributed by atoms with Crippen LogP contribution in [-0.4, -0.2) is 10.3 Å². The van der Waals surface area contributed by atoms with E-state index in [2.05, 4.69) is 24.4 Å². The van der Waals surface area contributed by atoms with Crippen LogP contribution in [-0.2, 0) is 39.0 Å². The summed E-state index contributed by atoms with van der Waals surface area (Å²) in [5.74, 6) is 0. The van der Waals surface area contributed by atoms with Crippen molar-refractivity contribution in [3.8, 4) is 0 Å². The quantitative estimate of drug-likeness (QED) is 0.0872. The largest absolute Gasteiger partial charge is 2.00 e. The van der Waals surface area contributed by atoms with Crippen molar-refractivity contribution < 1.29 is 57.9 Å². The van der Waals surface area contributed by atoms with Crippen LogP contribution < -0.4 is 18.9 Å². The van der Waals surface area contributed by atoms with Gasteiger partial charge in [0, 0.05) is 13.8 Å². The molecule has 2 aromatic heterocycles. The van der Waals surface area contributed by atoms with Gasteiger partial charge in [0.2, 0.25) is 37.2 Å². The number of hydrogen-bond acceptors (Lipinski definition) is 6. The molecule has 0 fully saturated rings. The van der Waals surface area contributed by atoms with E-state index in [0.29, 0.717) is 30.3 Å². The molecule has 0 unspecified atom stereocenters. The van der Waals surface area contributed by atoms with E-state index in [4.69, 9.17) is 10.8 Å². The first kappa shape index (κ1) is 45.2. The molecule has 14 nitrogen and oxygen atoms in total. The third-order valence-electron chi connectivity index (χ3n) is 2.02. The second kappa shape index (κ2) is 27.5. The van der Waals surface area contributed by atoms with Crippen molar-refractivity contribution in [2.75, 3.05) is 0 Å². The Morgan fingerprint density at radius 3 is 1.03 bits per heavy atom. The van der Waals surface area contributed by atoms with Crippen LogP contribution in [0.25, 0.3) is 10.8 Å². The molecule has 0 bridgehead atoms. The van der Waals surface area contributed by atoms with Gasteiger partial charge in [-0.15, -0.1) is 0 Å². The Bertz CT molecular complexity index is 670. The number of aromatic nitrogens is 4. The summed E-state index contributed by atoms with van der Waals surface area (Å²) >= 11 is 7.40. The van der Waals surface area contributed by atoms with Crippen molar-refractivity contribution in [2.45, 2.75) is 13.8 Å². The Morgan fingerprint density at radius 2 is 0.897 bits per heavy atom. The first-order valence-corrected chi connectivity index (χ1v) is 6.64. The predicted octanol–water partition coefficient (Wildman–Crippen LogP) is -3.85. The minimum absolute atomic E-state index is 0. The molecule has 0 amide bonds. The minimum Gasteiger partial charge on any atom is -0.753 e. The molecule has 165 valence electrons. The van der Waals surface area contributed by atoms with Gasteiger partial charge < -0.3 is 53.6 Å². The molecule has 1 radical (unpaired) electrons. The molecule has 0 atom stereocenters. The van der Waals surface area contributed by atoms with Gasteiger partial charge in [-0.1, -0.05) is 24.4 Å². The molecule has 2 rings (SSSR count). The Hall–Kier alpha value is -2.68. The summed E-state index contributed by atoms with van der Waals surface area (Å²) in [7, 11) is 0. The fourth-order valence-electron chi connectivity index (χ4n) is 1.06. The van der Waals surface area contributed by atoms with E-state index in [1.54, 1.807) is 13.8 Å². The molecule has 12 N–H and O–H groups in total. The van der Waals surface area contributed by atoms with Crippen LogP contribution in [0.1, 0.15) is 11.4 Å². The van der Waals surface area contributed by atoms with Crippen LogP contribution in [0.3, 0.4) is 0 Å². The van der Waals surface area contributed by atoms with E-state index in [1.165, 1.54) is 35.1 Å². The second-order valence-electron chi connectivity index (χ2n) is 3.69. The molecule has 0 aliphatic carbocycles. The van der Waals surface area contributed by atoms with Crippen LogP contribution in [0.5, 0.6) is 0 Å². The summed E-state index contributed by atoms with van der Waals surface area (Å²) < 4.78 is 2.44. The first-order valence-electron chi connectivity index (χ1n) is 5.83. The van der Waals surface area contributed by atoms with Crippen molar-refractivity contribution in [1.82, 2.24) is 0 Å². The summed E-state index contributed by atoms with van der Waals surface area (Å²) in [6.07, 6.45) is 7.07. The van der Waals surface area contributed by atoms with E-state index in [9.17, 15) is 20.8 Å². The van der Waals surface area contributed by atoms with Gasteiger partial charge in [0.15, 0.2) is 0 Å². The van der Waals surface area contributed by atoms with Gasteiger partial charge in [0.25, 0.3) is 11.4 Å². The number of nitrogens with zero attached hydrogens (tertiary/aromatic N) is 6. The third kappa shape index (κ3) is 25.3. The van der Waals surface area contributed by atoms with Crippen LogP contribution >= 0.6 is 24.4 Å². The van der Waals surface area contributed by atoms with Gasteiger partial charge in [-0.25, -0.2) is 0 Å². The molecule has 0 aliphatic heterocycles. The van der Waals surface area contributed by atoms with Crippen LogP contribution in [0.4, 0.5) is 0 Å². The van der Waals surface area contributed by atoms with E-state index in [0.717, 1.165) is 12.4 Å². The van der Waals surface area contributed by atoms with Crippen LogP contribution in [0.15, 0.2) is 37.2 Å². The first-order chi connectivity index (χ1) is 11.2. The Kier molecular flexibility index (Phi) is 42.9. The van der Waals surface area contributed by atoms with Gasteiger partial charge >= 0.3 is 17.1 Å². The van der Waals surface area contributed by atoms with Crippen molar-refractivity contribution in [3.05, 3.63) is 80.2 Å². The molecule has 0 aliphatic rings. The van der Waals surface area contributed by atoms with E-state index >= 15 is 0 Å². The molecule has 2 aromatic rings. The van der Waals surface area contributed by atoms with E-state index in [1.807, 2.05) is 0 Å². The Labute approximate surface area is 186 Å². The standard InChI is InChI=1S/2C5H6N2O2.2CNS.Mn.4H2O/c2*1-5-4-6(8)2-3-7(5)9;2*2-1-3;;;;;/h2*2-4H,1H3;;;;4*1H2/q;;2*-1;+2;;;;/p+4. The smallest absolute Gasteiger partial charge is 0.753 e. The maximum Gasteiger partial charge on any atom is 2.00 e. The summed E-state index contributed by atoms with van der Waals surface area (Å²) in [6.45, 7) is 3.14. The van der Waals surface area contributed by atoms with Gasteiger partial charge in [-0.2, -0.15) is 29.2 Å². The predicted molar refractivity (Wildman–Crippen MR) is 110 cm³/mol. The molecule has 29 heavy (non-hydrogen) atoms. The molecule has 0 spiro atoms. The van der Waals surface area contributed by atoms with Crippen LogP contribution in [0.2, 0.25) is 0 Å². The van der Waals surface area contributed by atoms with E-state index in [-0.39, 0.29) is 39.0 Å². The number of rotatable bonds is 0. The normalized spacial score (nSPS) is 6.41. The third-order valence-corrected chi connectivity index (χ3v) is 2.02. The summed E-state index contributed by atoms with van der Waals surface area (Å²) in [4.78, 5) is 0. The van der Waals surface area contributed by atoms with Crippen molar-refractivity contribution >= 4 is 34.8 Å². The fraction of sp³-hybridized carbons (Fsp3) is 0.167. The summed E-state index contributed by atoms with van der Waals surface area (Å²) in [6, 6.07) is 0. The molecule has 0 saturated carbocycles. The zero-order valence-electron chi connectivity index (χ0n) is 15.3. The van der Waals surface area contributed by atoms with Gasteiger partial charge in [-0.05, 0) is 0 Å². The number of thiocarbonyl (C=S) groups is 2. The zero-order chi connectivity index (χ0) is 19.1. The second-order valence-corrected chi connectivity index (χ2v) is 4.06. The number of hydrogen-bond donors (Lipinski definition) is 0. The average Bonchev–Trinajstić information content (AvgIpc) is 2.50. The van der Waals surface area contributed by atoms with Crippen molar-refractivity contribution in [1.29, 1.82) is 0 Å². The van der Waals surface area contributed by atoms with E-state index < -0.39 is 0 Å². The van der Waals surface area contributed by atoms with Gasteiger partial charge in [0.1, 0.15) is 0 Å². The topological polar surface area (TPSA) is 284 Å². The van der Waals surface area contributed by atoms with Crippen LogP contribution in [0, 0.1) is 34.7 Å². The van der Waals surface area contributed by atoms with Gasteiger partial charge in [-0.3, -0.25) is 0 Å². The monoisotopic (exact) mass is 499 g/mol. The molecule has 17 heteroatoms. The minimum atomic E-state index is 0. The zero-order valence-corrected chi connectivity index (χ0v) is 18.1. The Balaban J connectivity index is -0.0000000464. The molecule has 0 aromatic carbocycles. The summed E-state index contributed by atoms with van der Waals surface area (Å²) in [5.41, 5.74) is 0.792. The molecule has 2 heterocycles. The number of aryl methyl sites for hydroxylation is 2. The molecule has 0 saturated heterocycles. The maximum atomic E-state index is 10.5. The van der Waals surface area contributed by atoms with Crippen molar-refractivity contribution in [2.24, 2.45) is 0 Å². The molecular formula is C12H24MnN6O8S2+4. The van der Waals surface area contributed by atoms with Gasteiger partial charge in [0.05, 0.1) is 0 Å². The average molecular weight is 499 g/mol. The summed E-state index contributed by atoms with van der Waals surface area (Å²) in [5, 5.41) is 58.8. The van der Waals surface area contributed by atoms with Crippen molar-refractivity contribution in [3.63, 3.8) is 0 Å². The fourth-order valence-corrected chi connectivity index (χ4v) is 1.06. The SMILES string of the molecule is Cc1c[n+]([O-])cc[n+]1[O-].Cc1c[n+]([O-])cc[n+]1[O-].[Mn+2].[N-]=C=S.[N-]=C=S.[OH3+].[OH3+].[OH3+].[OH3+]. The molecular weight excluding hydrogens is 475 g/mol. The maximum absolute atomic E-state index is 10.5.